The molecule has 0 spiro atoms. The molecule has 2 atom stereocenters. The van der Waals surface area contributed by atoms with Gasteiger partial charge in [-0.05, 0) is 37.3 Å². The van der Waals surface area contributed by atoms with Gasteiger partial charge in [0.25, 0.3) is 0 Å². The molecule has 2 aromatic carbocycles. The summed E-state index contributed by atoms with van der Waals surface area (Å²) in [5.74, 6) is -1.08. The zero-order valence-corrected chi connectivity index (χ0v) is 22.3. The minimum absolute atomic E-state index is 0.0520. The fraction of sp³-hybridized carbons (Fsp3) is 0.286. The van der Waals surface area contributed by atoms with Crippen LogP contribution in [-0.2, 0) is 11.3 Å². The van der Waals surface area contributed by atoms with Crippen molar-refractivity contribution in [1.82, 2.24) is 24.2 Å². The zero-order chi connectivity index (χ0) is 28.1. The topological polar surface area (TPSA) is 85.5 Å². The van der Waals surface area contributed by atoms with Crippen LogP contribution in [0.25, 0.3) is 22.0 Å². The van der Waals surface area contributed by atoms with Crippen molar-refractivity contribution in [2.45, 2.75) is 25.6 Å². The lowest BCUT2D eigenvalue weighted by Crippen LogP contribution is -2.54. The van der Waals surface area contributed by atoms with Gasteiger partial charge in [-0.2, -0.15) is 10.1 Å². The predicted molar refractivity (Wildman–Crippen MR) is 147 cm³/mol. The molecular weight excluding hydrogens is 542 g/mol. The molecule has 0 N–H and O–H groups in total. The normalized spacial score (nSPS) is 18.6. The molecule has 206 valence electrons. The number of benzene rings is 2. The van der Waals surface area contributed by atoms with Gasteiger partial charge in [0.15, 0.2) is 5.75 Å². The molecular formula is C28H25ClF2N6O3. The summed E-state index contributed by atoms with van der Waals surface area (Å²) in [6.07, 6.45) is 4.71. The van der Waals surface area contributed by atoms with Crippen molar-refractivity contribution in [2.24, 2.45) is 0 Å². The number of nitrogens with zero attached hydrogens (tertiary/aromatic N) is 6. The van der Waals surface area contributed by atoms with Gasteiger partial charge in [-0.3, -0.25) is 14.0 Å². The highest BCUT2D eigenvalue weighted by atomic mass is 35.5. The summed E-state index contributed by atoms with van der Waals surface area (Å²) >= 11 is 6.78. The summed E-state index contributed by atoms with van der Waals surface area (Å²) in [6, 6.07) is 6.01. The van der Waals surface area contributed by atoms with E-state index in [-0.39, 0.29) is 40.5 Å². The number of hydrogen-bond acceptors (Lipinski definition) is 6. The first-order chi connectivity index (χ1) is 19.3. The van der Waals surface area contributed by atoms with Crippen LogP contribution in [-0.4, -0.2) is 62.4 Å². The van der Waals surface area contributed by atoms with E-state index >= 15 is 4.39 Å². The molecule has 40 heavy (non-hydrogen) atoms. The Hall–Kier alpha value is -4.25. The first kappa shape index (κ1) is 26.0. The maximum atomic E-state index is 15.0. The summed E-state index contributed by atoms with van der Waals surface area (Å²) in [5.41, 5.74) is 0.187. The Balaban J connectivity index is 1.57. The molecule has 0 saturated carbocycles. The van der Waals surface area contributed by atoms with Gasteiger partial charge in [0.2, 0.25) is 5.91 Å². The average Bonchev–Trinajstić information content (AvgIpc) is 3.44. The van der Waals surface area contributed by atoms with Crippen LogP contribution in [0.2, 0.25) is 5.02 Å². The fourth-order valence-corrected chi connectivity index (χ4v) is 5.88. The lowest BCUT2D eigenvalue weighted by Gasteiger charge is -2.41. The Morgan fingerprint density at radius 3 is 2.80 bits per heavy atom. The Bertz CT molecular complexity index is 1710. The van der Waals surface area contributed by atoms with Crippen molar-refractivity contribution < 1.29 is 18.3 Å². The van der Waals surface area contributed by atoms with E-state index in [0.29, 0.717) is 42.9 Å². The van der Waals surface area contributed by atoms with Gasteiger partial charge in [-0.25, -0.2) is 13.6 Å². The number of anilines is 1. The molecule has 1 fully saturated rings. The lowest BCUT2D eigenvalue weighted by atomic mass is 9.99. The Morgan fingerprint density at radius 1 is 1.27 bits per heavy atom. The molecule has 0 radical (unpaired) electrons. The molecule has 0 bridgehead atoms. The van der Waals surface area contributed by atoms with Gasteiger partial charge in [-0.15, -0.1) is 0 Å². The molecule has 1 unspecified atom stereocenters. The number of ether oxygens (including phenoxy) is 1. The van der Waals surface area contributed by atoms with Crippen LogP contribution < -0.4 is 15.3 Å². The molecule has 1 amide bonds. The van der Waals surface area contributed by atoms with E-state index in [1.165, 1.54) is 12.1 Å². The zero-order valence-electron chi connectivity index (χ0n) is 21.6. The van der Waals surface area contributed by atoms with Crippen LogP contribution in [0, 0.1) is 11.6 Å². The molecule has 1 saturated heterocycles. The van der Waals surface area contributed by atoms with Crippen LogP contribution >= 0.6 is 11.6 Å². The van der Waals surface area contributed by atoms with Crippen molar-refractivity contribution in [3.8, 4) is 16.9 Å². The average molecular weight is 567 g/mol. The van der Waals surface area contributed by atoms with Gasteiger partial charge < -0.3 is 14.5 Å². The highest BCUT2D eigenvalue weighted by molar-refractivity contribution is 6.35. The van der Waals surface area contributed by atoms with Crippen molar-refractivity contribution >= 4 is 34.2 Å². The standard InChI is InChI=1S/C28H25ClF2N6O3/c1-3-23(38)34-9-10-36(16(2)13-34)27-20-12-21(29)24(19-6-5-17(30)11-22(19)31)26-25(20)37(28(39)33-27)18(15-40-26)14-35-8-4-7-32-35/h3-8,11-12,16,18H,1,9-10,13-15H2,2H3/t16-,18?/m0/s1. The maximum absolute atomic E-state index is 15.0. The second-order valence-corrected chi connectivity index (χ2v) is 10.3. The number of aromatic nitrogens is 4. The van der Waals surface area contributed by atoms with Crippen molar-refractivity contribution in [3.05, 3.63) is 82.5 Å². The second kappa shape index (κ2) is 10.1. The van der Waals surface area contributed by atoms with E-state index in [1.807, 2.05) is 11.8 Å². The van der Waals surface area contributed by atoms with Crippen LogP contribution in [0.3, 0.4) is 0 Å². The number of rotatable bonds is 5. The Labute approximate surface area is 232 Å². The van der Waals surface area contributed by atoms with Crippen LogP contribution in [0.1, 0.15) is 13.0 Å². The molecule has 4 heterocycles. The lowest BCUT2D eigenvalue weighted by molar-refractivity contribution is -0.126. The summed E-state index contributed by atoms with van der Waals surface area (Å²) in [6.45, 7) is 7.18. The van der Waals surface area contributed by atoms with Gasteiger partial charge in [0.05, 0.1) is 23.1 Å². The molecule has 0 aliphatic carbocycles. The van der Waals surface area contributed by atoms with Crippen LogP contribution in [0.15, 0.2) is 60.2 Å². The molecule has 2 aromatic heterocycles. The third-order valence-electron chi connectivity index (χ3n) is 7.43. The van der Waals surface area contributed by atoms with E-state index in [4.69, 9.17) is 16.3 Å². The Morgan fingerprint density at radius 2 is 2.10 bits per heavy atom. The smallest absolute Gasteiger partial charge is 0.350 e. The molecule has 12 heteroatoms. The summed E-state index contributed by atoms with van der Waals surface area (Å²) in [7, 11) is 0. The largest absolute Gasteiger partial charge is 0.488 e. The first-order valence-electron chi connectivity index (χ1n) is 12.8. The summed E-state index contributed by atoms with van der Waals surface area (Å²) < 4.78 is 38.2. The van der Waals surface area contributed by atoms with Crippen LogP contribution in [0.4, 0.5) is 14.6 Å². The third kappa shape index (κ3) is 4.30. The van der Waals surface area contributed by atoms with Gasteiger partial charge in [0.1, 0.15) is 24.1 Å². The highest BCUT2D eigenvalue weighted by Crippen LogP contribution is 2.47. The van der Waals surface area contributed by atoms with E-state index in [2.05, 4.69) is 16.7 Å². The van der Waals surface area contributed by atoms with E-state index in [0.717, 1.165) is 12.1 Å². The predicted octanol–water partition coefficient (Wildman–Crippen LogP) is 4.05. The molecule has 2 aliphatic heterocycles. The van der Waals surface area contributed by atoms with Crippen molar-refractivity contribution in [2.75, 3.05) is 31.1 Å². The number of amides is 1. The van der Waals surface area contributed by atoms with Crippen molar-refractivity contribution in [3.63, 3.8) is 0 Å². The van der Waals surface area contributed by atoms with E-state index in [1.54, 1.807) is 38.7 Å². The van der Waals surface area contributed by atoms with Gasteiger partial charge in [-0.1, -0.05) is 18.2 Å². The quantitative estimate of drug-likeness (QED) is 0.339. The third-order valence-corrected chi connectivity index (χ3v) is 7.72. The minimum atomic E-state index is -0.806. The second-order valence-electron chi connectivity index (χ2n) is 9.89. The molecule has 2 aliphatic rings. The molecule has 6 rings (SSSR count). The number of carbonyl (C=O) groups is 1. The summed E-state index contributed by atoms with van der Waals surface area (Å²) in [5, 5.41) is 4.97. The highest BCUT2D eigenvalue weighted by Gasteiger charge is 2.34. The number of halogens is 3. The summed E-state index contributed by atoms with van der Waals surface area (Å²) in [4.78, 5) is 34.1. The molecule has 9 nitrogen and oxygen atoms in total. The Kier molecular flexibility index (Phi) is 6.53. The van der Waals surface area contributed by atoms with Crippen LogP contribution in [0.5, 0.6) is 5.75 Å². The van der Waals surface area contributed by atoms with E-state index < -0.39 is 23.4 Å². The number of piperazine rings is 1. The minimum Gasteiger partial charge on any atom is -0.488 e. The van der Waals surface area contributed by atoms with Gasteiger partial charge >= 0.3 is 5.69 Å². The van der Waals surface area contributed by atoms with Crippen molar-refractivity contribution in [1.29, 1.82) is 0 Å². The first-order valence-corrected chi connectivity index (χ1v) is 13.2. The fourth-order valence-electron chi connectivity index (χ4n) is 5.58. The van der Waals surface area contributed by atoms with Gasteiger partial charge in [0, 0.05) is 60.6 Å². The SMILES string of the molecule is C=CC(=O)N1CCN(c2nc(=O)n3c4c(c(-c5ccc(F)cc5F)c(Cl)cc24)OCC3Cn2cccn2)[C@@H](C)C1. The number of carbonyl (C=O) groups excluding carboxylic acids is 1. The molecule has 4 aromatic rings. The number of hydrogen-bond donors (Lipinski definition) is 0. The monoisotopic (exact) mass is 566 g/mol. The maximum Gasteiger partial charge on any atom is 0.350 e. The van der Waals surface area contributed by atoms with E-state index in [9.17, 15) is 14.0 Å².